The maximum Gasteiger partial charge on any atom is 0.122 e. The van der Waals surface area contributed by atoms with Gasteiger partial charge in [0.1, 0.15) is 5.75 Å². The molecule has 0 saturated carbocycles. The van der Waals surface area contributed by atoms with Gasteiger partial charge < -0.3 is 10.1 Å². The first kappa shape index (κ1) is 15.8. The molecule has 0 fully saturated rings. The topological polar surface area (TPSA) is 21.3 Å². The van der Waals surface area contributed by atoms with E-state index in [9.17, 15) is 0 Å². The van der Waals surface area contributed by atoms with Gasteiger partial charge in [0.25, 0.3) is 0 Å². The summed E-state index contributed by atoms with van der Waals surface area (Å²) in [5, 5.41) is 3.47. The third-order valence-electron chi connectivity index (χ3n) is 3.24. The smallest absolute Gasteiger partial charge is 0.122 e. The van der Waals surface area contributed by atoms with Crippen LogP contribution >= 0.6 is 22.6 Å². The number of methoxy groups -OCH3 is 1. The van der Waals surface area contributed by atoms with Crippen LogP contribution in [-0.4, -0.2) is 20.2 Å². The van der Waals surface area contributed by atoms with E-state index < -0.39 is 0 Å². The Morgan fingerprint density at radius 3 is 2.61 bits per heavy atom. The number of hydrogen-bond donors (Lipinski definition) is 1. The maximum absolute atomic E-state index is 5.49. The molecule has 0 saturated heterocycles. The zero-order chi connectivity index (χ0) is 13.6. The van der Waals surface area contributed by atoms with Crippen LogP contribution in [0.4, 0.5) is 0 Å². The van der Waals surface area contributed by atoms with E-state index in [1.807, 2.05) is 0 Å². The monoisotopic (exact) mass is 361 g/mol. The van der Waals surface area contributed by atoms with E-state index in [1.165, 1.54) is 15.6 Å². The number of ether oxygens (including phenoxy) is 1. The van der Waals surface area contributed by atoms with Gasteiger partial charge in [0.15, 0.2) is 0 Å². The summed E-state index contributed by atoms with van der Waals surface area (Å²) in [4.78, 5) is 0. The molecule has 0 heterocycles. The highest BCUT2D eigenvalue weighted by atomic mass is 127. The van der Waals surface area contributed by atoms with Gasteiger partial charge in [0.2, 0.25) is 0 Å². The molecule has 0 aliphatic heterocycles. The lowest BCUT2D eigenvalue weighted by molar-refractivity contribution is 0.382. The Hall–Kier alpha value is -0.290. The second-order valence-corrected chi connectivity index (χ2v) is 6.47. The summed E-state index contributed by atoms with van der Waals surface area (Å²) in [5.41, 5.74) is 1.43. The Kier molecular flexibility index (Phi) is 6.43. The lowest BCUT2D eigenvalue weighted by atomic mass is 9.81. The van der Waals surface area contributed by atoms with E-state index in [4.69, 9.17) is 4.74 Å². The quantitative estimate of drug-likeness (QED) is 0.586. The lowest BCUT2D eigenvalue weighted by Crippen LogP contribution is -2.26. The van der Waals surface area contributed by atoms with Crippen molar-refractivity contribution in [1.29, 1.82) is 0 Å². The molecule has 1 aromatic rings. The summed E-state index contributed by atoms with van der Waals surface area (Å²) in [6.07, 6.45) is 2.30. The molecular formula is C15H24INO. The van der Waals surface area contributed by atoms with E-state index in [0.717, 1.165) is 25.3 Å². The minimum atomic E-state index is 0.132. The molecule has 1 N–H and O–H groups in total. The van der Waals surface area contributed by atoms with Crippen molar-refractivity contribution < 1.29 is 4.74 Å². The Labute approximate surface area is 125 Å². The molecule has 0 aliphatic rings. The molecule has 0 bridgehead atoms. The first-order chi connectivity index (χ1) is 8.51. The molecule has 0 aliphatic carbocycles. The van der Waals surface area contributed by atoms with Crippen molar-refractivity contribution in [3.63, 3.8) is 0 Å². The van der Waals surface area contributed by atoms with Gasteiger partial charge in [0, 0.05) is 9.13 Å². The second kappa shape index (κ2) is 7.34. The van der Waals surface area contributed by atoms with Crippen molar-refractivity contribution in [3.8, 4) is 5.75 Å². The van der Waals surface area contributed by atoms with Crippen molar-refractivity contribution in [1.82, 2.24) is 5.32 Å². The summed E-state index contributed by atoms with van der Waals surface area (Å²) in [6, 6.07) is 6.39. The predicted molar refractivity (Wildman–Crippen MR) is 86.5 cm³/mol. The highest BCUT2D eigenvalue weighted by Crippen LogP contribution is 2.35. The van der Waals surface area contributed by atoms with Crippen LogP contribution in [0.15, 0.2) is 18.2 Å². The van der Waals surface area contributed by atoms with Gasteiger partial charge in [-0.05, 0) is 72.1 Å². The minimum Gasteiger partial charge on any atom is -0.496 e. The first-order valence-electron chi connectivity index (χ1n) is 6.56. The Morgan fingerprint density at radius 2 is 2.00 bits per heavy atom. The fourth-order valence-corrected chi connectivity index (χ4v) is 2.54. The summed E-state index contributed by atoms with van der Waals surface area (Å²) < 4.78 is 6.75. The number of halogens is 1. The Bertz CT molecular complexity index is 377. The van der Waals surface area contributed by atoms with Crippen LogP contribution in [0.3, 0.4) is 0 Å². The third kappa shape index (κ3) is 4.43. The van der Waals surface area contributed by atoms with Gasteiger partial charge in [-0.15, -0.1) is 0 Å². The average molecular weight is 361 g/mol. The summed E-state index contributed by atoms with van der Waals surface area (Å²) in [7, 11) is 1.75. The van der Waals surface area contributed by atoms with Crippen LogP contribution < -0.4 is 10.1 Å². The third-order valence-corrected chi connectivity index (χ3v) is 3.92. The summed E-state index contributed by atoms with van der Waals surface area (Å²) in [5.74, 6) is 0.996. The largest absolute Gasteiger partial charge is 0.496 e. The van der Waals surface area contributed by atoms with Crippen molar-refractivity contribution in [2.24, 2.45) is 0 Å². The highest BCUT2D eigenvalue weighted by molar-refractivity contribution is 14.1. The van der Waals surface area contributed by atoms with Crippen molar-refractivity contribution >= 4 is 22.6 Å². The maximum atomic E-state index is 5.49. The molecule has 0 radical (unpaired) electrons. The Morgan fingerprint density at radius 1 is 1.28 bits per heavy atom. The van der Waals surface area contributed by atoms with Gasteiger partial charge in [-0.25, -0.2) is 0 Å². The van der Waals surface area contributed by atoms with E-state index in [-0.39, 0.29) is 5.41 Å². The van der Waals surface area contributed by atoms with Gasteiger partial charge in [-0.3, -0.25) is 0 Å². The van der Waals surface area contributed by atoms with E-state index in [2.05, 4.69) is 66.9 Å². The molecular weight excluding hydrogens is 337 g/mol. The number of benzene rings is 1. The molecule has 0 spiro atoms. The summed E-state index contributed by atoms with van der Waals surface area (Å²) >= 11 is 2.36. The van der Waals surface area contributed by atoms with Crippen molar-refractivity contribution in [2.75, 3.05) is 20.2 Å². The lowest BCUT2D eigenvalue weighted by Gasteiger charge is -2.27. The van der Waals surface area contributed by atoms with Crippen LogP contribution in [0.25, 0.3) is 0 Å². The second-order valence-electron chi connectivity index (χ2n) is 5.23. The molecule has 0 aromatic heterocycles. The average Bonchev–Trinajstić information content (AvgIpc) is 2.35. The van der Waals surface area contributed by atoms with Crippen molar-refractivity contribution in [3.05, 3.63) is 27.3 Å². The van der Waals surface area contributed by atoms with Gasteiger partial charge in [-0.2, -0.15) is 0 Å². The highest BCUT2D eigenvalue weighted by Gasteiger charge is 2.24. The molecule has 3 heteroatoms. The summed E-state index contributed by atoms with van der Waals surface area (Å²) in [6.45, 7) is 8.92. The number of hydrogen-bond acceptors (Lipinski definition) is 2. The number of nitrogens with one attached hydrogen (secondary N) is 1. The van der Waals surface area contributed by atoms with Crippen LogP contribution in [0.2, 0.25) is 0 Å². The molecule has 0 atom stereocenters. The zero-order valence-electron chi connectivity index (χ0n) is 11.8. The fraction of sp³-hybridized carbons (Fsp3) is 0.600. The molecule has 2 nitrogen and oxygen atoms in total. The molecule has 102 valence electrons. The fourth-order valence-electron chi connectivity index (χ4n) is 2.05. The van der Waals surface area contributed by atoms with E-state index in [0.29, 0.717) is 0 Å². The van der Waals surface area contributed by atoms with Crippen molar-refractivity contribution in [2.45, 2.75) is 39.0 Å². The van der Waals surface area contributed by atoms with Crippen LogP contribution in [0, 0.1) is 3.57 Å². The van der Waals surface area contributed by atoms with Gasteiger partial charge in [0.05, 0.1) is 7.11 Å². The van der Waals surface area contributed by atoms with Gasteiger partial charge in [-0.1, -0.05) is 20.8 Å². The molecule has 0 unspecified atom stereocenters. The minimum absolute atomic E-state index is 0.132. The SMILES string of the molecule is CCCNCCC(C)(C)c1cc(I)ccc1OC. The van der Waals surface area contributed by atoms with E-state index in [1.54, 1.807) is 7.11 Å². The van der Waals surface area contributed by atoms with Gasteiger partial charge >= 0.3 is 0 Å². The molecule has 0 amide bonds. The van der Waals surface area contributed by atoms with Crippen LogP contribution in [0.5, 0.6) is 5.75 Å². The number of rotatable bonds is 7. The Balaban J connectivity index is 2.79. The van der Waals surface area contributed by atoms with Crippen LogP contribution in [0.1, 0.15) is 39.2 Å². The molecule has 18 heavy (non-hydrogen) atoms. The molecule has 1 rings (SSSR count). The van der Waals surface area contributed by atoms with E-state index >= 15 is 0 Å². The standard InChI is InChI=1S/C15H24INO/c1-5-9-17-10-8-15(2,3)13-11-12(16)6-7-14(13)18-4/h6-7,11,17H,5,8-10H2,1-4H3. The predicted octanol–water partition coefficient (Wildman–Crippen LogP) is 3.97. The van der Waals surface area contributed by atoms with Crippen LogP contribution in [-0.2, 0) is 5.41 Å². The normalized spacial score (nSPS) is 11.6. The zero-order valence-corrected chi connectivity index (χ0v) is 14.0. The molecule has 1 aromatic carbocycles. The first-order valence-corrected chi connectivity index (χ1v) is 7.64.